The first-order chi connectivity index (χ1) is 6.92. The smallest absolute Gasteiger partial charge is 0.315 e. The highest BCUT2D eigenvalue weighted by Crippen LogP contribution is 2.17. The van der Waals surface area contributed by atoms with Crippen molar-refractivity contribution < 1.29 is 4.79 Å². The van der Waals surface area contributed by atoms with Crippen LogP contribution in [0.1, 0.15) is 39.5 Å². The molecule has 0 bridgehead atoms. The van der Waals surface area contributed by atoms with Crippen LogP contribution in [0, 0.1) is 0 Å². The zero-order valence-corrected chi connectivity index (χ0v) is 10.1. The van der Waals surface area contributed by atoms with Gasteiger partial charge < -0.3 is 16.4 Å². The maximum Gasteiger partial charge on any atom is 0.315 e. The first kappa shape index (κ1) is 12.2. The molecule has 0 unspecified atom stereocenters. The number of urea groups is 1. The Morgan fingerprint density at radius 1 is 1.40 bits per heavy atom. The number of amides is 2. The average Bonchev–Trinajstić information content (AvgIpc) is 2.54. The lowest BCUT2D eigenvalue weighted by atomic mass is 10.1. The average molecular weight is 229 g/mol. The monoisotopic (exact) mass is 229 g/mol. The van der Waals surface area contributed by atoms with Gasteiger partial charge in [0.05, 0.1) is 10.5 Å². The van der Waals surface area contributed by atoms with E-state index in [4.69, 9.17) is 18.0 Å². The van der Waals surface area contributed by atoms with Crippen LogP contribution in [0.25, 0.3) is 0 Å². The Morgan fingerprint density at radius 2 is 1.93 bits per heavy atom. The van der Waals surface area contributed by atoms with Gasteiger partial charge >= 0.3 is 6.03 Å². The summed E-state index contributed by atoms with van der Waals surface area (Å²) in [6.45, 7) is 3.59. The number of hydrogen-bond donors (Lipinski definition) is 3. The fourth-order valence-corrected chi connectivity index (χ4v) is 1.69. The van der Waals surface area contributed by atoms with E-state index in [-0.39, 0.29) is 6.03 Å². The maximum atomic E-state index is 11.6. The predicted molar refractivity (Wildman–Crippen MR) is 64.8 cm³/mol. The van der Waals surface area contributed by atoms with Crippen LogP contribution in [0.5, 0.6) is 0 Å². The molecule has 86 valence electrons. The highest BCUT2D eigenvalue weighted by Gasteiger charge is 2.25. The quantitative estimate of drug-likeness (QED) is 0.639. The van der Waals surface area contributed by atoms with E-state index in [1.807, 2.05) is 0 Å². The second-order valence-corrected chi connectivity index (χ2v) is 5.01. The highest BCUT2D eigenvalue weighted by atomic mass is 32.1. The molecular weight excluding hydrogens is 210 g/mol. The second-order valence-electron chi connectivity index (χ2n) is 4.57. The van der Waals surface area contributed by atoms with Crippen LogP contribution in [0.2, 0.25) is 0 Å². The van der Waals surface area contributed by atoms with E-state index < -0.39 is 5.54 Å². The van der Waals surface area contributed by atoms with Crippen LogP contribution >= 0.6 is 12.2 Å². The largest absolute Gasteiger partial charge is 0.391 e. The summed E-state index contributed by atoms with van der Waals surface area (Å²) in [4.78, 5) is 11.9. The fourth-order valence-electron chi connectivity index (χ4n) is 1.64. The standard InChI is InChI=1S/C10H19N3OS/c1-10(2,8(11)15)13-9(14)12-7-5-3-4-6-7/h7H,3-6H2,1-2H3,(H2,11,15)(H2,12,13,14). The molecule has 4 N–H and O–H groups in total. The minimum absolute atomic E-state index is 0.181. The first-order valence-corrected chi connectivity index (χ1v) is 5.71. The summed E-state index contributed by atoms with van der Waals surface area (Å²) in [6, 6.07) is 0.131. The predicted octanol–water partition coefficient (Wildman–Crippen LogP) is 1.29. The van der Waals surface area contributed by atoms with Crippen molar-refractivity contribution in [1.29, 1.82) is 0 Å². The number of rotatable bonds is 3. The van der Waals surface area contributed by atoms with E-state index in [9.17, 15) is 4.79 Å². The molecule has 1 aliphatic rings. The Kier molecular flexibility index (Phi) is 3.90. The van der Waals surface area contributed by atoms with Crippen molar-refractivity contribution in [3.63, 3.8) is 0 Å². The van der Waals surface area contributed by atoms with Crippen molar-refractivity contribution in [3.8, 4) is 0 Å². The third-order valence-corrected chi connectivity index (χ3v) is 3.24. The molecule has 0 radical (unpaired) electrons. The van der Waals surface area contributed by atoms with E-state index in [0.717, 1.165) is 12.8 Å². The molecule has 0 heterocycles. The van der Waals surface area contributed by atoms with Crippen molar-refractivity contribution in [1.82, 2.24) is 10.6 Å². The van der Waals surface area contributed by atoms with Gasteiger partial charge in [0.1, 0.15) is 0 Å². The molecule has 1 fully saturated rings. The Bertz CT molecular complexity index is 259. The van der Waals surface area contributed by atoms with Crippen LogP contribution in [0.15, 0.2) is 0 Å². The topological polar surface area (TPSA) is 67.2 Å². The van der Waals surface area contributed by atoms with Crippen molar-refractivity contribution in [2.24, 2.45) is 5.73 Å². The van der Waals surface area contributed by atoms with Gasteiger partial charge in [-0.15, -0.1) is 0 Å². The minimum Gasteiger partial charge on any atom is -0.391 e. The van der Waals surface area contributed by atoms with Gasteiger partial charge in [0, 0.05) is 6.04 Å². The van der Waals surface area contributed by atoms with Crippen LogP contribution in [-0.4, -0.2) is 22.6 Å². The molecule has 1 aliphatic carbocycles. The van der Waals surface area contributed by atoms with Crippen molar-refractivity contribution >= 4 is 23.2 Å². The zero-order valence-electron chi connectivity index (χ0n) is 9.30. The van der Waals surface area contributed by atoms with Gasteiger partial charge in [0.25, 0.3) is 0 Å². The van der Waals surface area contributed by atoms with Crippen molar-refractivity contribution in [2.75, 3.05) is 0 Å². The lowest BCUT2D eigenvalue weighted by Gasteiger charge is -2.26. The Morgan fingerprint density at radius 3 is 2.40 bits per heavy atom. The highest BCUT2D eigenvalue weighted by molar-refractivity contribution is 7.80. The van der Waals surface area contributed by atoms with E-state index in [1.54, 1.807) is 13.8 Å². The van der Waals surface area contributed by atoms with Gasteiger partial charge in [0.2, 0.25) is 0 Å². The Balaban J connectivity index is 2.38. The third-order valence-electron chi connectivity index (χ3n) is 2.73. The SMILES string of the molecule is CC(C)(NC(=O)NC1CCCC1)C(N)=S. The van der Waals surface area contributed by atoms with Crippen molar-refractivity contribution in [3.05, 3.63) is 0 Å². The van der Waals surface area contributed by atoms with E-state index in [1.165, 1.54) is 12.8 Å². The number of nitrogens with one attached hydrogen (secondary N) is 2. The summed E-state index contributed by atoms with van der Waals surface area (Å²) in [5, 5.41) is 5.69. The molecule has 2 amide bonds. The summed E-state index contributed by atoms with van der Waals surface area (Å²) in [5.74, 6) is 0. The van der Waals surface area contributed by atoms with Gasteiger partial charge in [-0.1, -0.05) is 25.1 Å². The molecule has 0 spiro atoms. The van der Waals surface area contributed by atoms with Gasteiger partial charge in [0.15, 0.2) is 0 Å². The first-order valence-electron chi connectivity index (χ1n) is 5.30. The number of carbonyl (C=O) groups excluding carboxylic acids is 1. The molecule has 0 aromatic carbocycles. The minimum atomic E-state index is -0.627. The van der Waals surface area contributed by atoms with Crippen LogP contribution in [0.3, 0.4) is 0 Å². The van der Waals surface area contributed by atoms with Gasteiger partial charge in [-0.3, -0.25) is 0 Å². The lowest BCUT2D eigenvalue weighted by molar-refractivity contribution is 0.232. The fraction of sp³-hybridized carbons (Fsp3) is 0.800. The molecule has 1 saturated carbocycles. The third kappa shape index (κ3) is 3.66. The maximum absolute atomic E-state index is 11.6. The second kappa shape index (κ2) is 4.79. The molecule has 0 saturated heterocycles. The van der Waals surface area contributed by atoms with Gasteiger partial charge in [-0.2, -0.15) is 0 Å². The van der Waals surface area contributed by atoms with Crippen LogP contribution in [0.4, 0.5) is 4.79 Å². The number of hydrogen-bond acceptors (Lipinski definition) is 2. The summed E-state index contributed by atoms with van der Waals surface area (Å²) < 4.78 is 0. The lowest BCUT2D eigenvalue weighted by Crippen LogP contribution is -2.56. The van der Waals surface area contributed by atoms with Crippen molar-refractivity contribution in [2.45, 2.75) is 51.1 Å². The summed E-state index contributed by atoms with van der Waals surface area (Å²) in [5.41, 5.74) is 4.89. The van der Waals surface area contributed by atoms with E-state index in [0.29, 0.717) is 11.0 Å². The summed E-state index contributed by atoms with van der Waals surface area (Å²) in [7, 11) is 0. The molecular formula is C10H19N3OS. The van der Waals surface area contributed by atoms with E-state index >= 15 is 0 Å². The Labute approximate surface area is 96.0 Å². The molecule has 0 aliphatic heterocycles. The molecule has 0 aromatic rings. The number of carbonyl (C=O) groups is 1. The van der Waals surface area contributed by atoms with Crippen LogP contribution in [-0.2, 0) is 0 Å². The van der Waals surface area contributed by atoms with E-state index in [2.05, 4.69) is 10.6 Å². The molecule has 1 rings (SSSR count). The molecule has 0 atom stereocenters. The number of thiocarbonyl (C=S) groups is 1. The molecule has 15 heavy (non-hydrogen) atoms. The van der Waals surface area contributed by atoms with Gasteiger partial charge in [-0.25, -0.2) is 4.79 Å². The molecule has 4 nitrogen and oxygen atoms in total. The molecule has 0 aromatic heterocycles. The molecule has 5 heteroatoms. The normalized spacial score (nSPS) is 17.5. The number of nitrogens with two attached hydrogens (primary N) is 1. The Hall–Kier alpha value is -0.840. The summed E-state index contributed by atoms with van der Waals surface area (Å²) >= 11 is 4.87. The van der Waals surface area contributed by atoms with Gasteiger partial charge in [-0.05, 0) is 26.7 Å². The van der Waals surface area contributed by atoms with Crippen LogP contribution < -0.4 is 16.4 Å². The zero-order chi connectivity index (χ0) is 11.5. The summed E-state index contributed by atoms with van der Waals surface area (Å²) in [6.07, 6.45) is 4.54.